The van der Waals surface area contributed by atoms with Gasteiger partial charge in [0.1, 0.15) is 12.3 Å². The predicted molar refractivity (Wildman–Crippen MR) is 61.0 cm³/mol. The highest BCUT2D eigenvalue weighted by Crippen LogP contribution is 2.20. The van der Waals surface area contributed by atoms with Crippen LogP contribution in [0.1, 0.15) is 17.3 Å². The van der Waals surface area contributed by atoms with Crippen molar-refractivity contribution in [3.63, 3.8) is 0 Å². The molecule has 0 amide bonds. The molecule has 0 aromatic carbocycles. The van der Waals surface area contributed by atoms with Gasteiger partial charge in [0, 0.05) is 0 Å². The quantitative estimate of drug-likeness (QED) is 0.788. The van der Waals surface area contributed by atoms with Crippen molar-refractivity contribution in [2.24, 2.45) is 0 Å². The number of hydrogen-bond donors (Lipinski definition) is 1. The van der Waals surface area contributed by atoms with Crippen LogP contribution in [0.2, 0.25) is 0 Å². The number of aromatic nitrogens is 5. The fourth-order valence-electron chi connectivity index (χ4n) is 1.25. The van der Waals surface area contributed by atoms with E-state index >= 15 is 0 Å². The molecule has 18 heavy (non-hydrogen) atoms. The molecule has 2 aromatic rings. The van der Waals surface area contributed by atoms with E-state index in [0.29, 0.717) is 16.8 Å². The van der Waals surface area contributed by atoms with Crippen LogP contribution in [0.25, 0.3) is 0 Å². The minimum atomic E-state index is -0.994. The standard InChI is InChI=1S/C9H11N5O3S/c1-5-6(2)17-7(10-5)4-18-9-11-12-13-14(9)3-8(15)16/h3-4H2,1-2H3,(H,15,16). The molecule has 96 valence electrons. The average Bonchev–Trinajstić information content (AvgIpc) is 2.83. The number of carbonyl (C=O) groups is 1. The largest absolute Gasteiger partial charge is 0.480 e. The molecule has 2 rings (SSSR count). The molecule has 1 N–H and O–H groups in total. The van der Waals surface area contributed by atoms with Crippen molar-refractivity contribution < 1.29 is 14.3 Å². The highest BCUT2D eigenvalue weighted by molar-refractivity contribution is 7.98. The second-order valence-electron chi connectivity index (χ2n) is 3.55. The third-order valence-electron chi connectivity index (χ3n) is 2.18. The van der Waals surface area contributed by atoms with Crippen molar-refractivity contribution >= 4 is 17.7 Å². The number of nitrogens with zero attached hydrogens (tertiary/aromatic N) is 5. The Morgan fingerprint density at radius 1 is 1.50 bits per heavy atom. The van der Waals surface area contributed by atoms with Gasteiger partial charge in [-0.05, 0) is 24.3 Å². The summed E-state index contributed by atoms with van der Waals surface area (Å²) in [4.78, 5) is 14.8. The Morgan fingerprint density at radius 2 is 2.28 bits per heavy atom. The number of rotatable bonds is 5. The minimum Gasteiger partial charge on any atom is -0.480 e. The molecule has 0 aliphatic carbocycles. The third kappa shape index (κ3) is 2.86. The van der Waals surface area contributed by atoms with Crippen LogP contribution in [0.15, 0.2) is 9.57 Å². The maximum atomic E-state index is 10.6. The SMILES string of the molecule is Cc1nc(CSc2nnnn2CC(=O)O)oc1C. The molecule has 0 radical (unpaired) electrons. The van der Waals surface area contributed by atoms with Crippen molar-refractivity contribution in [1.82, 2.24) is 25.2 Å². The van der Waals surface area contributed by atoms with Gasteiger partial charge < -0.3 is 9.52 Å². The van der Waals surface area contributed by atoms with E-state index < -0.39 is 5.97 Å². The highest BCUT2D eigenvalue weighted by atomic mass is 32.2. The van der Waals surface area contributed by atoms with E-state index in [0.717, 1.165) is 11.5 Å². The molecule has 0 saturated carbocycles. The van der Waals surface area contributed by atoms with Crippen LogP contribution in [-0.4, -0.2) is 36.3 Å². The van der Waals surface area contributed by atoms with E-state index in [-0.39, 0.29) is 6.54 Å². The van der Waals surface area contributed by atoms with Gasteiger partial charge in [-0.25, -0.2) is 9.67 Å². The summed E-state index contributed by atoms with van der Waals surface area (Å²) in [6, 6.07) is 0. The van der Waals surface area contributed by atoms with Gasteiger partial charge in [0.2, 0.25) is 11.0 Å². The van der Waals surface area contributed by atoms with E-state index in [1.54, 1.807) is 0 Å². The van der Waals surface area contributed by atoms with Gasteiger partial charge in [-0.1, -0.05) is 11.8 Å². The molecule has 8 nitrogen and oxygen atoms in total. The minimum absolute atomic E-state index is 0.265. The topological polar surface area (TPSA) is 107 Å². The Hall–Kier alpha value is -1.90. The van der Waals surface area contributed by atoms with Gasteiger partial charge in [-0.2, -0.15) is 0 Å². The number of aryl methyl sites for hydroxylation is 2. The van der Waals surface area contributed by atoms with E-state index in [2.05, 4.69) is 20.5 Å². The van der Waals surface area contributed by atoms with Gasteiger partial charge in [0.05, 0.1) is 11.4 Å². The highest BCUT2D eigenvalue weighted by Gasteiger charge is 2.12. The second kappa shape index (κ2) is 5.17. The number of thioether (sulfide) groups is 1. The molecule has 2 heterocycles. The van der Waals surface area contributed by atoms with E-state index in [9.17, 15) is 4.79 Å². The summed E-state index contributed by atoms with van der Waals surface area (Å²) in [5, 5.41) is 19.9. The van der Waals surface area contributed by atoms with Crippen LogP contribution in [0.4, 0.5) is 0 Å². The zero-order valence-electron chi connectivity index (χ0n) is 9.82. The molecular formula is C9H11N5O3S. The van der Waals surface area contributed by atoms with Crippen LogP contribution in [0.5, 0.6) is 0 Å². The molecule has 0 aliphatic rings. The van der Waals surface area contributed by atoms with E-state index in [1.165, 1.54) is 16.4 Å². The maximum Gasteiger partial charge on any atom is 0.325 e. The molecule has 0 aliphatic heterocycles. The molecule has 0 atom stereocenters. The molecule has 0 spiro atoms. The Morgan fingerprint density at radius 3 is 2.89 bits per heavy atom. The molecule has 0 saturated heterocycles. The number of oxazole rings is 1. The van der Waals surface area contributed by atoms with Crippen molar-refractivity contribution in [3.05, 3.63) is 17.3 Å². The lowest BCUT2D eigenvalue weighted by Gasteiger charge is -1.98. The average molecular weight is 269 g/mol. The summed E-state index contributed by atoms with van der Waals surface area (Å²) in [5.74, 6) is 0.803. The lowest BCUT2D eigenvalue weighted by atomic mass is 10.4. The number of carboxylic acid groups (broad SMARTS) is 1. The predicted octanol–water partition coefficient (Wildman–Crippen LogP) is 0.655. The Labute approximate surface area is 106 Å². The van der Waals surface area contributed by atoms with Gasteiger partial charge in [-0.3, -0.25) is 4.79 Å². The van der Waals surface area contributed by atoms with Crippen LogP contribution < -0.4 is 0 Å². The van der Waals surface area contributed by atoms with Gasteiger partial charge >= 0.3 is 5.97 Å². The number of carboxylic acids is 1. The normalized spacial score (nSPS) is 10.8. The molecule has 0 unspecified atom stereocenters. The van der Waals surface area contributed by atoms with Crippen LogP contribution in [0, 0.1) is 13.8 Å². The Balaban J connectivity index is 2.02. The number of aliphatic carboxylic acids is 1. The summed E-state index contributed by atoms with van der Waals surface area (Å²) in [6.45, 7) is 3.44. The van der Waals surface area contributed by atoms with E-state index in [1.807, 2.05) is 13.8 Å². The maximum absolute atomic E-state index is 10.6. The van der Waals surface area contributed by atoms with Gasteiger partial charge in [0.15, 0.2) is 0 Å². The summed E-state index contributed by atoms with van der Waals surface area (Å²) >= 11 is 1.28. The Kier molecular flexibility index (Phi) is 3.60. The lowest BCUT2D eigenvalue weighted by molar-refractivity contribution is -0.138. The fraction of sp³-hybridized carbons (Fsp3) is 0.444. The summed E-state index contributed by atoms with van der Waals surface area (Å²) in [7, 11) is 0. The molecule has 0 bridgehead atoms. The van der Waals surface area contributed by atoms with Crippen molar-refractivity contribution in [2.75, 3.05) is 0 Å². The molecule has 9 heteroatoms. The third-order valence-corrected chi connectivity index (χ3v) is 3.12. The first-order chi connectivity index (χ1) is 8.56. The summed E-state index contributed by atoms with van der Waals surface area (Å²) in [6.07, 6.45) is 0. The van der Waals surface area contributed by atoms with Crippen LogP contribution >= 0.6 is 11.8 Å². The first-order valence-corrected chi connectivity index (χ1v) is 6.08. The zero-order valence-corrected chi connectivity index (χ0v) is 10.6. The van der Waals surface area contributed by atoms with Gasteiger partial charge in [0.25, 0.3) is 0 Å². The molecular weight excluding hydrogens is 258 g/mol. The molecule has 2 aromatic heterocycles. The summed E-state index contributed by atoms with van der Waals surface area (Å²) < 4.78 is 6.63. The van der Waals surface area contributed by atoms with Crippen molar-refractivity contribution in [3.8, 4) is 0 Å². The fourth-order valence-corrected chi connectivity index (χ4v) is 1.97. The monoisotopic (exact) mass is 269 g/mol. The van der Waals surface area contributed by atoms with Crippen molar-refractivity contribution in [1.29, 1.82) is 0 Å². The molecule has 0 fully saturated rings. The smallest absolute Gasteiger partial charge is 0.325 e. The Bertz CT molecular complexity index is 545. The zero-order chi connectivity index (χ0) is 13.1. The van der Waals surface area contributed by atoms with Crippen molar-refractivity contribution in [2.45, 2.75) is 31.3 Å². The second-order valence-corrected chi connectivity index (χ2v) is 4.49. The lowest BCUT2D eigenvalue weighted by Crippen LogP contribution is -2.11. The summed E-state index contributed by atoms with van der Waals surface area (Å²) in [5.41, 5.74) is 0.843. The van der Waals surface area contributed by atoms with E-state index in [4.69, 9.17) is 9.52 Å². The number of tetrazole rings is 1. The van der Waals surface area contributed by atoms with Gasteiger partial charge in [-0.15, -0.1) is 5.10 Å². The first-order valence-electron chi connectivity index (χ1n) is 5.10. The van der Waals surface area contributed by atoms with Crippen LogP contribution in [-0.2, 0) is 17.1 Å². The first kappa shape index (κ1) is 12.6. The van der Waals surface area contributed by atoms with Crippen LogP contribution in [0.3, 0.4) is 0 Å². The number of hydrogen-bond acceptors (Lipinski definition) is 7.